The Labute approximate surface area is 209 Å². The Morgan fingerprint density at radius 2 is 1.64 bits per heavy atom. The Bertz CT molecular complexity index is 1490. The molecule has 178 valence electrons. The molecule has 0 atom stereocenters. The van der Waals surface area contributed by atoms with E-state index in [-0.39, 0.29) is 5.82 Å². The van der Waals surface area contributed by atoms with E-state index in [1.54, 1.807) is 6.33 Å². The lowest BCUT2D eigenvalue weighted by Crippen LogP contribution is -2.27. The van der Waals surface area contributed by atoms with Crippen LogP contribution in [0.1, 0.15) is 28.2 Å². The molecule has 0 amide bonds. The molecule has 0 radical (unpaired) electrons. The van der Waals surface area contributed by atoms with Gasteiger partial charge >= 0.3 is 0 Å². The maximum Gasteiger partial charge on any atom is 0.147 e. The zero-order valence-corrected chi connectivity index (χ0v) is 19.8. The largest absolute Gasteiger partial charge is 0.312 e. The zero-order valence-electron chi connectivity index (χ0n) is 19.8. The number of para-hydroxylation sites is 1. The Morgan fingerprint density at radius 1 is 0.861 bits per heavy atom. The molecule has 0 saturated carbocycles. The fraction of sp³-hybridized carbons (Fsp3) is 0.172. The number of hydrogen-bond acceptors (Lipinski definition) is 5. The second-order valence-electron chi connectivity index (χ2n) is 8.77. The van der Waals surface area contributed by atoms with E-state index in [1.807, 2.05) is 59.2 Å². The van der Waals surface area contributed by atoms with Gasteiger partial charge in [-0.05, 0) is 53.9 Å². The second kappa shape index (κ2) is 10.9. The lowest BCUT2D eigenvalue weighted by molar-refractivity contribution is 0.247. The van der Waals surface area contributed by atoms with Crippen LogP contribution in [-0.4, -0.2) is 31.2 Å². The van der Waals surface area contributed by atoms with Crippen LogP contribution in [0.25, 0.3) is 10.9 Å². The van der Waals surface area contributed by atoms with Crippen molar-refractivity contribution in [2.75, 3.05) is 6.54 Å². The van der Waals surface area contributed by atoms with Crippen molar-refractivity contribution in [2.24, 2.45) is 0 Å². The number of benzene rings is 3. The highest BCUT2D eigenvalue weighted by Gasteiger charge is 2.14. The van der Waals surface area contributed by atoms with Crippen LogP contribution in [0.15, 0.2) is 91.3 Å². The van der Waals surface area contributed by atoms with Crippen molar-refractivity contribution in [2.45, 2.75) is 26.1 Å². The summed E-state index contributed by atoms with van der Waals surface area (Å²) in [6.07, 6.45) is 2.51. The van der Waals surface area contributed by atoms with Crippen molar-refractivity contribution >= 4 is 10.9 Å². The van der Waals surface area contributed by atoms with Crippen LogP contribution in [-0.2, 0) is 26.1 Å². The number of nitrogens with zero attached hydrogens (tertiary/aromatic N) is 6. The molecule has 0 N–H and O–H groups in total. The first-order valence-electron chi connectivity index (χ1n) is 11.8. The Hall–Kier alpha value is -4.41. The third kappa shape index (κ3) is 5.80. The van der Waals surface area contributed by atoms with E-state index in [2.05, 4.69) is 39.4 Å². The molecule has 0 aliphatic rings. The topological polar surface area (TPSA) is 70.6 Å². The zero-order chi connectivity index (χ0) is 24.7. The summed E-state index contributed by atoms with van der Waals surface area (Å²) in [6.45, 7) is 2.61. The molecule has 2 heterocycles. The van der Waals surface area contributed by atoms with Gasteiger partial charge in [-0.2, -0.15) is 5.26 Å². The number of rotatable bonds is 9. The molecule has 0 unspecified atom stereocenters. The molecule has 0 aliphatic carbocycles. The van der Waals surface area contributed by atoms with Gasteiger partial charge in [0.15, 0.2) is 0 Å². The fourth-order valence-corrected chi connectivity index (χ4v) is 4.19. The summed E-state index contributed by atoms with van der Waals surface area (Å²) in [7, 11) is 0. The maximum absolute atomic E-state index is 13.4. The molecule has 3 aromatic carbocycles. The summed E-state index contributed by atoms with van der Waals surface area (Å²) in [5.41, 5.74) is 4.73. The van der Waals surface area contributed by atoms with Crippen LogP contribution in [0.2, 0.25) is 0 Å². The summed E-state index contributed by atoms with van der Waals surface area (Å²) >= 11 is 0. The minimum absolute atomic E-state index is 0.230. The number of aromatic nitrogens is 4. The predicted molar refractivity (Wildman–Crippen MR) is 136 cm³/mol. The standard InChI is InChI=1S/C29H25FN6/c30-26-12-9-22(10-13-26)15-16-35(19-27-14-11-25-3-1-2-4-28(25)33-27)20-29-34-32-21-36(29)18-24-7-5-23(17-31)6-8-24/h1-14,21H,15-16,18-20H2. The van der Waals surface area contributed by atoms with Crippen molar-refractivity contribution in [3.63, 3.8) is 0 Å². The summed E-state index contributed by atoms with van der Waals surface area (Å²) < 4.78 is 15.4. The van der Waals surface area contributed by atoms with E-state index in [9.17, 15) is 4.39 Å². The highest BCUT2D eigenvalue weighted by molar-refractivity contribution is 5.78. The van der Waals surface area contributed by atoms with Gasteiger partial charge < -0.3 is 4.57 Å². The van der Waals surface area contributed by atoms with Crippen LogP contribution >= 0.6 is 0 Å². The van der Waals surface area contributed by atoms with Crippen molar-refractivity contribution < 1.29 is 4.39 Å². The molecule has 36 heavy (non-hydrogen) atoms. The van der Waals surface area contributed by atoms with Gasteiger partial charge in [-0.3, -0.25) is 9.88 Å². The molecule has 5 rings (SSSR count). The van der Waals surface area contributed by atoms with E-state index in [4.69, 9.17) is 10.2 Å². The molecule has 6 nitrogen and oxygen atoms in total. The number of pyridine rings is 1. The highest BCUT2D eigenvalue weighted by atomic mass is 19.1. The lowest BCUT2D eigenvalue weighted by atomic mass is 10.1. The van der Waals surface area contributed by atoms with Gasteiger partial charge in [-0.15, -0.1) is 10.2 Å². The fourth-order valence-electron chi connectivity index (χ4n) is 4.19. The number of nitriles is 1. The molecular formula is C29H25FN6. The second-order valence-corrected chi connectivity index (χ2v) is 8.77. The summed E-state index contributed by atoms with van der Waals surface area (Å²) in [5.74, 6) is 0.617. The van der Waals surface area contributed by atoms with E-state index in [0.717, 1.165) is 46.5 Å². The molecular weight excluding hydrogens is 451 g/mol. The third-order valence-corrected chi connectivity index (χ3v) is 6.17. The first kappa shape index (κ1) is 23.3. The average molecular weight is 477 g/mol. The van der Waals surface area contributed by atoms with Crippen molar-refractivity contribution in [3.05, 3.63) is 125 Å². The molecule has 5 aromatic rings. The quantitative estimate of drug-likeness (QED) is 0.295. The predicted octanol–water partition coefficient (Wildman–Crippen LogP) is 5.13. The molecule has 0 fully saturated rings. The number of halogens is 1. The van der Waals surface area contributed by atoms with E-state index in [1.165, 1.54) is 12.1 Å². The van der Waals surface area contributed by atoms with Crippen molar-refractivity contribution in [3.8, 4) is 6.07 Å². The van der Waals surface area contributed by atoms with Gasteiger partial charge in [-0.25, -0.2) is 4.39 Å². The molecule has 0 saturated heterocycles. The molecule has 0 bridgehead atoms. The van der Waals surface area contributed by atoms with Crippen LogP contribution in [0.5, 0.6) is 0 Å². The maximum atomic E-state index is 13.4. The minimum Gasteiger partial charge on any atom is -0.312 e. The lowest BCUT2D eigenvalue weighted by Gasteiger charge is -2.22. The van der Waals surface area contributed by atoms with Crippen LogP contribution in [0.4, 0.5) is 4.39 Å². The first-order chi connectivity index (χ1) is 17.7. The van der Waals surface area contributed by atoms with Gasteiger partial charge in [0.25, 0.3) is 0 Å². The van der Waals surface area contributed by atoms with E-state index >= 15 is 0 Å². The van der Waals surface area contributed by atoms with Gasteiger partial charge in [0.1, 0.15) is 18.0 Å². The van der Waals surface area contributed by atoms with Gasteiger partial charge in [0, 0.05) is 18.5 Å². The van der Waals surface area contributed by atoms with Gasteiger partial charge in [0.2, 0.25) is 0 Å². The summed E-state index contributed by atoms with van der Waals surface area (Å²) in [5, 5.41) is 18.7. The van der Waals surface area contributed by atoms with Gasteiger partial charge in [0.05, 0.1) is 35.9 Å². The third-order valence-electron chi connectivity index (χ3n) is 6.17. The molecule has 7 heteroatoms. The number of fused-ring (bicyclic) bond motifs is 1. The average Bonchev–Trinajstić information content (AvgIpc) is 3.34. The normalized spacial score (nSPS) is 11.1. The summed E-state index contributed by atoms with van der Waals surface area (Å²) in [6, 6.07) is 28.6. The Morgan fingerprint density at radius 3 is 2.44 bits per heavy atom. The molecule has 0 aliphatic heterocycles. The Kier molecular flexibility index (Phi) is 7.06. The molecule has 2 aromatic heterocycles. The van der Waals surface area contributed by atoms with E-state index in [0.29, 0.717) is 25.2 Å². The first-order valence-corrected chi connectivity index (χ1v) is 11.8. The van der Waals surface area contributed by atoms with Crippen molar-refractivity contribution in [1.82, 2.24) is 24.6 Å². The highest BCUT2D eigenvalue weighted by Crippen LogP contribution is 2.16. The SMILES string of the molecule is N#Cc1ccc(Cn2cnnc2CN(CCc2ccc(F)cc2)Cc2ccc3ccccc3n2)cc1. The van der Waals surface area contributed by atoms with Crippen molar-refractivity contribution in [1.29, 1.82) is 5.26 Å². The Balaban J connectivity index is 1.35. The summed E-state index contributed by atoms with van der Waals surface area (Å²) in [4.78, 5) is 7.15. The van der Waals surface area contributed by atoms with Gasteiger partial charge in [-0.1, -0.05) is 48.5 Å². The number of hydrogen-bond donors (Lipinski definition) is 0. The smallest absolute Gasteiger partial charge is 0.147 e. The van der Waals surface area contributed by atoms with E-state index < -0.39 is 0 Å². The van der Waals surface area contributed by atoms with Crippen LogP contribution < -0.4 is 0 Å². The minimum atomic E-state index is -0.230. The monoisotopic (exact) mass is 476 g/mol. The van der Waals surface area contributed by atoms with Crippen LogP contribution in [0.3, 0.4) is 0 Å². The molecule has 0 spiro atoms. The van der Waals surface area contributed by atoms with Crippen LogP contribution in [0, 0.1) is 17.1 Å².